The Hall–Kier alpha value is -2.22. The van der Waals surface area contributed by atoms with Gasteiger partial charge in [0.05, 0.1) is 15.5 Å². The van der Waals surface area contributed by atoms with E-state index >= 15 is 0 Å². The summed E-state index contributed by atoms with van der Waals surface area (Å²) in [6, 6.07) is 13.4. The summed E-state index contributed by atoms with van der Waals surface area (Å²) in [7, 11) is -3.65. The topological polar surface area (TPSA) is 85.1 Å². The van der Waals surface area contributed by atoms with Crippen LogP contribution in [0, 0.1) is 0 Å². The van der Waals surface area contributed by atoms with Crippen LogP contribution < -0.4 is 4.72 Å². The summed E-state index contributed by atoms with van der Waals surface area (Å²) in [5.41, 5.74) is 1.13. The molecule has 1 heterocycles. The molecular formula is C17H16ClN3O3S. The summed E-state index contributed by atoms with van der Waals surface area (Å²) < 4.78 is 32.9. The van der Waals surface area contributed by atoms with E-state index in [9.17, 15) is 8.42 Å². The standard InChI is InChI=1S/C17H16ClN3O3S/c1-11(2)21-25(22,23)13-8-9-15(18)14(10-13)17-20-19-16(24-17)12-6-4-3-5-7-12/h3-11,21H,1-2H3. The average molecular weight is 378 g/mol. The van der Waals surface area contributed by atoms with Crippen molar-refractivity contribution in [1.29, 1.82) is 0 Å². The van der Waals surface area contributed by atoms with Crippen LogP contribution in [0.4, 0.5) is 0 Å². The number of nitrogens with zero attached hydrogens (tertiary/aromatic N) is 2. The number of nitrogens with one attached hydrogen (secondary N) is 1. The highest BCUT2D eigenvalue weighted by Gasteiger charge is 2.20. The molecule has 25 heavy (non-hydrogen) atoms. The fraction of sp³-hybridized carbons (Fsp3) is 0.176. The van der Waals surface area contributed by atoms with Gasteiger partial charge >= 0.3 is 0 Å². The lowest BCUT2D eigenvalue weighted by Gasteiger charge is -2.10. The number of benzene rings is 2. The van der Waals surface area contributed by atoms with Gasteiger partial charge < -0.3 is 4.42 Å². The number of rotatable bonds is 5. The second-order valence-electron chi connectivity index (χ2n) is 5.70. The molecule has 0 aliphatic rings. The van der Waals surface area contributed by atoms with E-state index in [1.165, 1.54) is 18.2 Å². The van der Waals surface area contributed by atoms with Gasteiger partial charge in [-0.15, -0.1) is 10.2 Å². The Balaban J connectivity index is 2.01. The SMILES string of the molecule is CC(C)NS(=O)(=O)c1ccc(Cl)c(-c2nnc(-c3ccccc3)o2)c1. The van der Waals surface area contributed by atoms with Gasteiger partial charge in [0.15, 0.2) is 0 Å². The molecule has 8 heteroatoms. The number of halogens is 1. The van der Waals surface area contributed by atoms with Gasteiger partial charge in [0.2, 0.25) is 21.8 Å². The lowest BCUT2D eigenvalue weighted by atomic mass is 10.2. The highest BCUT2D eigenvalue weighted by Crippen LogP contribution is 2.31. The van der Waals surface area contributed by atoms with Crippen molar-refractivity contribution in [2.24, 2.45) is 0 Å². The third-order valence-corrected chi connectivity index (χ3v) is 5.30. The van der Waals surface area contributed by atoms with Crippen molar-refractivity contribution in [2.75, 3.05) is 0 Å². The van der Waals surface area contributed by atoms with Crippen LogP contribution in [-0.4, -0.2) is 24.7 Å². The summed E-state index contributed by atoms with van der Waals surface area (Å²) >= 11 is 6.20. The molecule has 0 saturated heterocycles. The second kappa shape index (κ2) is 6.95. The fourth-order valence-corrected chi connectivity index (χ4v) is 3.72. The fourth-order valence-electron chi connectivity index (χ4n) is 2.24. The van der Waals surface area contributed by atoms with Crippen LogP contribution in [0.3, 0.4) is 0 Å². The quantitative estimate of drug-likeness (QED) is 0.732. The van der Waals surface area contributed by atoms with Crippen LogP contribution in [0.5, 0.6) is 0 Å². The molecule has 6 nitrogen and oxygen atoms in total. The van der Waals surface area contributed by atoms with Crippen molar-refractivity contribution < 1.29 is 12.8 Å². The Morgan fingerprint density at radius 2 is 1.72 bits per heavy atom. The highest BCUT2D eigenvalue weighted by atomic mass is 35.5. The van der Waals surface area contributed by atoms with E-state index in [1.807, 2.05) is 30.3 Å². The highest BCUT2D eigenvalue weighted by molar-refractivity contribution is 7.89. The van der Waals surface area contributed by atoms with E-state index in [4.69, 9.17) is 16.0 Å². The minimum atomic E-state index is -3.65. The maximum absolute atomic E-state index is 12.3. The zero-order valence-corrected chi connectivity index (χ0v) is 15.2. The van der Waals surface area contributed by atoms with Gasteiger partial charge in [0, 0.05) is 11.6 Å². The first-order valence-corrected chi connectivity index (χ1v) is 9.44. The van der Waals surface area contributed by atoms with Gasteiger partial charge in [-0.05, 0) is 44.2 Å². The van der Waals surface area contributed by atoms with E-state index < -0.39 is 10.0 Å². The molecule has 0 amide bonds. The molecule has 0 radical (unpaired) electrons. The third-order valence-electron chi connectivity index (χ3n) is 3.32. The molecule has 0 spiro atoms. The molecule has 0 aliphatic carbocycles. The van der Waals surface area contributed by atoms with Crippen LogP contribution in [0.2, 0.25) is 5.02 Å². The van der Waals surface area contributed by atoms with Gasteiger partial charge in [-0.25, -0.2) is 13.1 Å². The van der Waals surface area contributed by atoms with Crippen LogP contribution in [0.25, 0.3) is 22.9 Å². The zero-order valence-electron chi connectivity index (χ0n) is 13.6. The minimum absolute atomic E-state index is 0.0834. The van der Waals surface area contributed by atoms with Crippen molar-refractivity contribution in [3.63, 3.8) is 0 Å². The normalized spacial score (nSPS) is 11.8. The van der Waals surface area contributed by atoms with Gasteiger partial charge in [-0.2, -0.15) is 0 Å². The van der Waals surface area contributed by atoms with E-state index in [0.29, 0.717) is 16.5 Å². The number of hydrogen-bond acceptors (Lipinski definition) is 5. The van der Waals surface area contributed by atoms with Gasteiger partial charge in [-0.3, -0.25) is 0 Å². The minimum Gasteiger partial charge on any atom is -0.416 e. The maximum atomic E-state index is 12.3. The average Bonchev–Trinajstić information content (AvgIpc) is 3.04. The number of hydrogen-bond donors (Lipinski definition) is 1. The molecule has 0 saturated carbocycles. The van der Waals surface area contributed by atoms with E-state index in [2.05, 4.69) is 14.9 Å². The number of aromatic nitrogens is 2. The van der Waals surface area contributed by atoms with E-state index in [1.54, 1.807) is 13.8 Å². The predicted octanol–water partition coefficient (Wildman–Crippen LogP) is 3.74. The van der Waals surface area contributed by atoms with Crippen LogP contribution >= 0.6 is 11.6 Å². The molecule has 130 valence electrons. The third kappa shape index (κ3) is 3.89. The summed E-state index contributed by atoms with van der Waals surface area (Å²) in [5.74, 6) is 0.491. The van der Waals surface area contributed by atoms with Gasteiger partial charge in [0.25, 0.3) is 0 Å². The molecule has 0 unspecified atom stereocenters. The summed E-state index contributed by atoms with van der Waals surface area (Å²) in [5, 5.41) is 8.32. The molecule has 1 N–H and O–H groups in total. The Morgan fingerprint density at radius 1 is 1.04 bits per heavy atom. The zero-order chi connectivity index (χ0) is 18.0. The van der Waals surface area contributed by atoms with E-state index in [-0.39, 0.29) is 16.8 Å². The van der Waals surface area contributed by atoms with Crippen molar-refractivity contribution in [2.45, 2.75) is 24.8 Å². The molecule has 0 aliphatic heterocycles. The Kier molecular flexibility index (Phi) is 4.89. The second-order valence-corrected chi connectivity index (χ2v) is 7.82. The Bertz CT molecular complexity index is 985. The van der Waals surface area contributed by atoms with Gasteiger partial charge in [0.1, 0.15) is 0 Å². The van der Waals surface area contributed by atoms with Crippen molar-refractivity contribution in [3.05, 3.63) is 53.6 Å². The molecule has 0 fully saturated rings. The van der Waals surface area contributed by atoms with Crippen LogP contribution in [0.1, 0.15) is 13.8 Å². The first-order valence-electron chi connectivity index (χ1n) is 7.58. The van der Waals surface area contributed by atoms with Crippen molar-refractivity contribution in [3.8, 4) is 22.9 Å². The molecule has 0 bridgehead atoms. The summed E-state index contributed by atoms with van der Waals surface area (Å²) in [6.07, 6.45) is 0. The molecule has 3 rings (SSSR count). The Labute approximate surface area is 150 Å². The first kappa shape index (κ1) is 17.6. The lowest BCUT2D eigenvalue weighted by molar-refractivity contribution is 0.569. The molecule has 1 aromatic heterocycles. The lowest BCUT2D eigenvalue weighted by Crippen LogP contribution is -2.30. The van der Waals surface area contributed by atoms with E-state index in [0.717, 1.165) is 5.56 Å². The van der Waals surface area contributed by atoms with Crippen molar-refractivity contribution in [1.82, 2.24) is 14.9 Å². The molecular weight excluding hydrogens is 362 g/mol. The first-order chi connectivity index (χ1) is 11.9. The monoisotopic (exact) mass is 377 g/mol. The molecule has 2 aromatic carbocycles. The molecule has 3 aromatic rings. The Morgan fingerprint density at radius 3 is 2.40 bits per heavy atom. The van der Waals surface area contributed by atoms with Gasteiger partial charge in [-0.1, -0.05) is 29.8 Å². The maximum Gasteiger partial charge on any atom is 0.249 e. The largest absolute Gasteiger partial charge is 0.416 e. The van der Waals surface area contributed by atoms with Crippen LogP contribution in [-0.2, 0) is 10.0 Å². The number of sulfonamides is 1. The summed E-state index contributed by atoms with van der Waals surface area (Å²) in [6.45, 7) is 3.50. The summed E-state index contributed by atoms with van der Waals surface area (Å²) in [4.78, 5) is 0.0834. The molecule has 0 atom stereocenters. The van der Waals surface area contributed by atoms with Crippen molar-refractivity contribution >= 4 is 21.6 Å². The smallest absolute Gasteiger partial charge is 0.249 e. The van der Waals surface area contributed by atoms with Crippen LogP contribution in [0.15, 0.2) is 57.8 Å². The predicted molar refractivity (Wildman–Crippen MR) is 95.6 cm³/mol.